The van der Waals surface area contributed by atoms with Crippen molar-refractivity contribution in [3.05, 3.63) is 6.10 Å². The molecule has 0 saturated heterocycles. The highest BCUT2D eigenvalue weighted by atomic mass is 19.4. The van der Waals surface area contributed by atoms with E-state index in [2.05, 4.69) is 9.47 Å². The van der Waals surface area contributed by atoms with Crippen LogP contribution in [0.4, 0.5) is 13.2 Å². The van der Waals surface area contributed by atoms with Gasteiger partial charge in [-0.25, -0.2) is 0 Å². The molecule has 0 heterocycles. The van der Waals surface area contributed by atoms with Crippen molar-refractivity contribution in [2.45, 2.75) is 13.1 Å². The maximum atomic E-state index is 11.9. The van der Waals surface area contributed by atoms with Crippen LogP contribution >= 0.6 is 0 Å². The van der Waals surface area contributed by atoms with E-state index in [0.717, 1.165) is 6.92 Å². The summed E-state index contributed by atoms with van der Waals surface area (Å²) in [6.45, 7) is 1.67. The number of methoxy groups -OCH3 is 1. The Kier molecular flexibility index (Phi) is 6.86. The first-order valence-corrected chi connectivity index (χ1v) is 4.08. The Balaban J connectivity index is 3.28. The van der Waals surface area contributed by atoms with Gasteiger partial charge >= 0.3 is 6.18 Å². The van der Waals surface area contributed by atoms with E-state index in [4.69, 9.17) is 4.74 Å². The number of hydrogen-bond donors (Lipinski definition) is 0. The molecule has 0 N–H and O–H groups in total. The lowest BCUT2D eigenvalue weighted by atomic mass is 10.4. The van der Waals surface area contributed by atoms with Crippen LogP contribution < -0.4 is 0 Å². The molecule has 0 unspecified atom stereocenters. The van der Waals surface area contributed by atoms with Gasteiger partial charge in [0.1, 0.15) is 0 Å². The standard InChI is InChI=1S/C8H14F3O3/c1-7(8(9,10)11)14-6-5-13-4-3-12-2/h3-6H2,1-2H3. The van der Waals surface area contributed by atoms with Gasteiger partial charge in [-0.05, 0) is 6.92 Å². The van der Waals surface area contributed by atoms with Crippen LogP contribution in [0.15, 0.2) is 0 Å². The summed E-state index contributed by atoms with van der Waals surface area (Å²) in [6, 6.07) is 0. The van der Waals surface area contributed by atoms with Crippen LogP contribution in [0.5, 0.6) is 0 Å². The van der Waals surface area contributed by atoms with Crippen LogP contribution in [-0.4, -0.2) is 39.7 Å². The summed E-state index contributed by atoms with van der Waals surface area (Å²) >= 11 is 0. The van der Waals surface area contributed by atoms with Gasteiger partial charge in [0.15, 0.2) is 6.10 Å². The van der Waals surface area contributed by atoms with Crippen molar-refractivity contribution in [2.24, 2.45) is 0 Å². The Morgan fingerprint density at radius 2 is 1.64 bits per heavy atom. The summed E-state index contributed by atoms with van der Waals surface area (Å²) in [5.41, 5.74) is 0. The molecule has 14 heavy (non-hydrogen) atoms. The highest BCUT2D eigenvalue weighted by molar-refractivity contribution is 4.81. The van der Waals surface area contributed by atoms with Gasteiger partial charge in [-0.1, -0.05) is 0 Å². The largest absolute Gasteiger partial charge is 0.420 e. The van der Waals surface area contributed by atoms with Crippen molar-refractivity contribution < 1.29 is 27.4 Å². The van der Waals surface area contributed by atoms with Gasteiger partial charge in [0.25, 0.3) is 0 Å². The molecule has 0 rings (SSSR count). The van der Waals surface area contributed by atoms with E-state index < -0.39 is 12.3 Å². The molecule has 0 aromatic carbocycles. The molecule has 0 aliphatic rings. The third kappa shape index (κ3) is 7.11. The summed E-state index contributed by atoms with van der Waals surface area (Å²) in [7, 11) is 1.52. The van der Waals surface area contributed by atoms with Crippen LogP contribution in [0, 0.1) is 6.10 Å². The first-order valence-electron chi connectivity index (χ1n) is 4.08. The summed E-state index contributed by atoms with van der Waals surface area (Å²) < 4.78 is 49.6. The smallest absolute Gasteiger partial charge is 0.382 e. The zero-order valence-corrected chi connectivity index (χ0v) is 8.19. The van der Waals surface area contributed by atoms with Gasteiger partial charge in [-0.15, -0.1) is 0 Å². The normalized spacial score (nSPS) is 12.4. The van der Waals surface area contributed by atoms with Crippen molar-refractivity contribution in [1.29, 1.82) is 0 Å². The van der Waals surface area contributed by atoms with Crippen molar-refractivity contribution in [2.75, 3.05) is 33.5 Å². The minimum atomic E-state index is -4.38. The highest BCUT2D eigenvalue weighted by Crippen LogP contribution is 2.27. The Bertz CT molecular complexity index is 138. The monoisotopic (exact) mass is 215 g/mol. The zero-order chi connectivity index (χ0) is 11.0. The first-order chi connectivity index (χ1) is 6.48. The summed E-state index contributed by atoms with van der Waals surface area (Å²) in [6.07, 6.45) is -5.33. The number of ether oxygens (including phenoxy) is 3. The second-order valence-corrected chi connectivity index (χ2v) is 2.51. The maximum Gasteiger partial charge on any atom is 0.420 e. The quantitative estimate of drug-likeness (QED) is 0.606. The second kappa shape index (κ2) is 7.03. The van der Waals surface area contributed by atoms with Crippen LogP contribution in [0.3, 0.4) is 0 Å². The van der Waals surface area contributed by atoms with Crippen molar-refractivity contribution in [3.63, 3.8) is 0 Å². The molecular formula is C8H14F3O3. The van der Waals surface area contributed by atoms with E-state index in [9.17, 15) is 13.2 Å². The molecule has 3 nitrogen and oxygen atoms in total. The third-order valence-electron chi connectivity index (χ3n) is 1.38. The molecular weight excluding hydrogens is 201 g/mol. The van der Waals surface area contributed by atoms with Crippen molar-refractivity contribution in [1.82, 2.24) is 0 Å². The van der Waals surface area contributed by atoms with E-state index in [1.807, 2.05) is 0 Å². The van der Waals surface area contributed by atoms with Gasteiger partial charge in [0, 0.05) is 7.11 Å². The zero-order valence-electron chi connectivity index (χ0n) is 8.19. The lowest BCUT2D eigenvalue weighted by Crippen LogP contribution is -2.22. The molecule has 1 radical (unpaired) electrons. The molecule has 0 atom stereocenters. The molecule has 0 spiro atoms. The average molecular weight is 215 g/mol. The Labute approximate surface area is 81.1 Å². The van der Waals surface area contributed by atoms with Gasteiger partial charge in [0.05, 0.1) is 26.4 Å². The molecule has 0 aliphatic heterocycles. The van der Waals surface area contributed by atoms with Gasteiger partial charge in [-0.3, -0.25) is 0 Å². The lowest BCUT2D eigenvalue weighted by Gasteiger charge is -2.14. The summed E-state index contributed by atoms with van der Waals surface area (Å²) in [5, 5.41) is 0. The fraction of sp³-hybridized carbons (Fsp3) is 0.875. The SMILES string of the molecule is COCCOCCO[C](C)C(F)(F)F. The third-order valence-corrected chi connectivity index (χ3v) is 1.38. The maximum absolute atomic E-state index is 11.9. The van der Waals surface area contributed by atoms with Gasteiger partial charge in [0.2, 0.25) is 0 Å². The molecule has 0 saturated carbocycles. The molecule has 0 bridgehead atoms. The first kappa shape index (κ1) is 13.7. The van der Waals surface area contributed by atoms with Crippen molar-refractivity contribution in [3.8, 4) is 0 Å². The molecule has 6 heteroatoms. The Hall–Kier alpha value is -0.330. The number of hydrogen-bond acceptors (Lipinski definition) is 3. The fourth-order valence-corrected chi connectivity index (χ4v) is 0.580. The van der Waals surface area contributed by atoms with Crippen LogP contribution in [0.1, 0.15) is 6.92 Å². The van der Waals surface area contributed by atoms with Crippen LogP contribution in [0.25, 0.3) is 0 Å². The number of rotatable bonds is 7. The Morgan fingerprint density at radius 1 is 1.07 bits per heavy atom. The molecule has 0 aromatic rings. The molecule has 0 aromatic heterocycles. The minimum Gasteiger partial charge on any atom is -0.382 e. The molecule has 0 aliphatic carbocycles. The molecule has 0 amide bonds. The van der Waals surface area contributed by atoms with Crippen LogP contribution in [-0.2, 0) is 14.2 Å². The second-order valence-electron chi connectivity index (χ2n) is 2.51. The average Bonchev–Trinajstić information content (AvgIpc) is 2.09. The van der Waals surface area contributed by atoms with Gasteiger partial charge < -0.3 is 14.2 Å². The topological polar surface area (TPSA) is 27.7 Å². The molecule has 0 fully saturated rings. The van der Waals surface area contributed by atoms with E-state index in [0.29, 0.717) is 13.2 Å². The molecule has 85 valence electrons. The van der Waals surface area contributed by atoms with Gasteiger partial charge in [-0.2, -0.15) is 13.2 Å². The van der Waals surface area contributed by atoms with E-state index >= 15 is 0 Å². The predicted molar refractivity (Wildman–Crippen MR) is 43.6 cm³/mol. The number of halogens is 3. The summed E-state index contributed by atoms with van der Waals surface area (Å²) in [4.78, 5) is 0. The lowest BCUT2D eigenvalue weighted by molar-refractivity contribution is -0.167. The van der Waals surface area contributed by atoms with Crippen LogP contribution in [0.2, 0.25) is 0 Å². The van der Waals surface area contributed by atoms with E-state index in [1.165, 1.54) is 7.11 Å². The predicted octanol–water partition coefficient (Wildman–Crippen LogP) is 1.78. The number of alkyl halides is 3. The van der Waals surface area contributed by atoms with E-state index in [1.54, 1.807) is 0 Å². The van der Waals surface area contributed by atoms with Crippen molar-refractivity contribution >= 4 is 0 Å². The fourth-order valence-electron chi connectivity index (χ4n) is 0.580. The van der Waals surface area contributed by atoms with E-state index in [-0.39, 0.29) is 13.2 Å². The Morgan fingerprint density at radius 3 is 2.14 bits per heavy atom. The highest BCUT2D eigenvalue weighted by Gasteiger charge is 2.38. The minimum absolute atomic E-state index is 0.102. The summed E-state index contributed by atoms with van der Waals surface area (Å²) in [5.74, 6) is 0.